The zero-order valence-electron chi connectivity index (χ0n) is 18.6. The number of amides is 1. The van der Waals surface area contributed by atoms with Gasteiger partial charge in [-0.15, -0.1) is 0 Å². The van der Waals surface area contributed by atoms with Gasteiger partial charge in [-0.3, -0.25) is 14.4 Å². The van der Waals surface area contributed by atoms with Gasteiger partial charge in [-0.1, -0.05) is 12.1 Å². The fourth-order valence-electron chi connectivity index (χ4n) is 3.77. The standard InChI is InChI=1S/C25H22F2N4O3S/c26-23-10-9-22(15-24(23)27)35(33,34)29-21-7-5-20(6-8-21)25(32)31-13-11-30(12-14-31)17-19-3-1-18(16-28)2-4-19/h1-10,15,29H,11-14,17H2. The van der Waals surface area contributed by atoms with Crippen LogP contribution in [0.25, 0.3) is 0 Å². The molecule has 3 aromatic carbocycles. The van der Waals surface area contributed by atoms with Crippen molar-refractivity contribution in [1.29, 1.82) is 5.26 Å². The number of halogens is 2. The van der Waals surface area contributed by atoms with E-state index in [2.05, 4.69) is 15.7 Å². The highest BCUT2D eigenvalue weighted by atomic mass is 32.2. The third kappa shape index (κ3) is 5.82. The number of nitriles is 1. The maximum atomic E-state index is 13.4. The molecule has 4 rings (SSSR count). The molecule has 0 saturated carbocycles. The zero-order valence-corrected chi connectivity index (χ0v) is 19.4. The molecule has 10 heteroatoms. The van der Waals surface area contributed by atoms with Crippen LogP contribution >= 0.6 is 0 Å². The topological polar surface area (TPSA) is 93.5 Å². The minimum atomic E-state index is -4.12. The highest BCUT2D eigenvalue weighted by Gasteiger charge is 2.23. The second-order valence-corrected chi connectivity index (χ2v) is 9.82. The minimum Gasteiger partial charge on any atom is -0.336 e. The van der Waals surface area contributed by atoms with Gasteiger partial charge in [0.2, 0.25) is 0 Å². The first kappa shape index (κ1) is 24.3. The van der Waals surface area contributed by atoms with Gasteiger partial charge < -0.3 is 4.90 Å². The molecule has 0 aromatic heterocycles. The van der Waals surface area contributed by atoms with Gasteiger partial charge >= 0.3 is 0 Å². The summed E-state index contributed by atoms with van der Waals surface area (Å²) in [5.41, 5.74) is 2.33. The summed E-state index contributed by atoms with van der Waals surface area (Å²) in [4.78, 5) is 16.5. The molecule has 35 heavy (non-hydrogen) atoms. The molecule has 1 fully saturated rings. The highest BCUT2D eigenvalue weighted by Crippen LogP contribution is 2.20. The van der Waals surface area contributed by atoms with E-state index in [-0.39, 0.29) is 11.6 Å². The molecular weight excluding hydrogens is 474 g/mol. The van der Waals surface area contributed by atoms with E-state index in [9.17, 15) is 22.0 Å². The third-order valence-corrected chi connectivity index (χ3v) is 7.11. The lowest BCUT2D eigenvalue weighted by Crippen LogP contribution is -2.48. The fourth-order valence-corrected chi connectivity index (χ4v) is 4.84. The molecule has 1 heterocycles. The molecule has 0 radical (unpaired) electrons. The van der Waals surface area contributed by atoms with Crippen LogP contribution in [0, 0.1) is 23.0 Å². The van der Waals surface area contributed by atoms with Gasteiger partial charge in [0.25, 0.3) is 15.9 Å². The van der Waals surface area contributed by atoms with Gasteiger partial charge in [-0.05, 0) is 60.2 Å². The number of sulfonamides is 1. The second-order valence-electron chi connectivity index (χ2n) is 8.14. The number of anilines is 1. The Balaban J connectivity index is 1.33. The molecule has 0 unspecified atom stereocenters. The summed E-state index contributed by atoms with van der Waals surface area (Å²) in [6.07, 6.45) is 0. The summed E-state index contributed by atoms with van der Waals surface area (Å²) in [5.74, 6) is -2.55. The summed E-state index contributed by atoms with van der Waals surface area (Å²) >= 11 is 0. The fraction of sp³-hybridized carbons (Fsp3) is 0.200. The van der Waals surface area contributed by atoms with E-state index in [1.54, 1.807) is 17.0 Å². The monoisotopic (exact) mass is 496 g/mol. The van der Waals surface area contributed by atoms with Crippen LogP contribution in [0.3, 0.4) is 0 Å². The molecule has 0 aliphatic carbocycles. The molecule has 7 nitrogen and oxygen atoms in total. The van der Waals surface area contributed by atoms with Crippen LogP contribution in [-0.2, 0) is 16.6 Å². The predicted octanol–water partition coefficient (Wildman–Crippen LogP) is 3.60. The Hall–Kier alpha value is -3.81. The smallest absolute Gasteiger partial charge is 0.261 e. The van der Waals surface area contributed by atoms with E-state index >= 15 is 0 Å². The lowest BCUT2D eigenvalue weighted by Gasteiger charge is -2.34. The molecular formula is C25H22F2N4O3S. The van der Waals surface area contributed by atoms with Crippen molar-refractivity contribution in [2.24, 2.45) is 0 Å². The molecule has 0 spiro atoms. The molecule has 1 saturated heterocycles. The third-order valence-electron chi connectivity index (χ3n) is 5.73. The Bertz CT molecular complexity index is 1360. The van der Waals surface area contributed by atoms with Crippen molar-refractivity contribution in [2.45, 2.75) is 11.4 Å². The SMILES string of the molecule is N#Cc1ccc(CN2CCN(C(=O)c3ccc(NS(=O)(=O)c4ccc(F)c(F)c4)cc3)CC2)cc1. The lowest BCUT2D eigenvalue weighted by molar-refractivity contribution is 0.0628. The maximum Gasteiger partial charge on any atom is 0.261 e. The van der Waals surface area contributed by atoms with Crippen LogP contribution in [0.4, 0.5) is 14.5 Å². The second kappa shape index (κ2) is 10.2. The van der Waals surface area contributed by atoms with Gasteiger partial charge in [-0.2, -0.15) is 5.26 Å². The Morgan fingerprint density at radius 2 is 1.57 bits per heavy atom. The number of nitrogens with one attached hydrogen (secondary N) is 1. The normalized spacial score (nSPS) is 14.4. The van der Waals surface area contributed by atoms with Gasteiger partial charge in [-0.25, -0.2) is 17.2 Å². The number of benzene rings is 3. The molecule has 1 aliphatic heterocycles. The van der Waals surface area contributed by atoms with Crippen molar-refractivity contribution in [3.05, 3.63) is 95.1 Å². The van der Waals surface area contributed by atoms with Crippen LogP contribution in [-0.4, -0.2) is 50.3 Å². The zero-order chi connectivity index (χ0) is 25.0. The van der Waals surface area contributed by atoms with Crippen LogP contribution in [0.1, 0.15) is 21.5 Å². The molecule has 180 valence electrons. The molecule has 0 bridgehead atoms. The summed E-state index contributed by atoms with van der Waals surface area (Å²) in [6.45, 7) is 3.26. The number of nitrogens with zero attached hydrogens (tertiary/aromatic N) is 3. The van der Waals surface area contributed by atoms with E-state index in [1.165, 1.54) is 24.3 Å². The average molecular weight is 497 g/mol. The van der Waals surface area contributed by atoms with E-state index in [0.717, 1.165) is 24.2 Å². The van der Waals surface area contributed by atoms with Crippen LogP contribution in [0.15, 0.2) is 71.6 Å². The summed E-state index contributed by atoms with van der Waals surface area (Å²) < 4.78 is 53.7. The van der Waals surface area contributed by atoms with Gasteiger partial charge in [0.15, 0.2) is 11.6 Å². The quantitative estimate of drug-likeness (QED) is 0.563. The highest BCUT2D eigenvalue weighted by molar-refractivity contribution is 7.92. The number of piperazine rings is 1. The van der Waals surface area contributed by atoms with Gasteiger partial charge in [0.05, 0.1) is 16.5 Å². The lowest BCUT2D eigenvalue weighted by atomic mass is 10.1. The van der Waals surface area contributed by atoms with E-state index in [1.807, 2.05) is 12.1 Å². The Kier molecular flexibility index (Phi) is 7.10. The van der Waals surface area contributed by atoms with Crippen molar-refractivity contribution < 1.29 is 22.0 Å². The van der Waals surface area contributed by atoms with Crippen molar-refractivity contribution in [3.63, 3.8) is 0 Å². The Morgan fingerprint density at radius 1 is 0.914 bits per heavy atom. The molecule has 1 N–H and O–H groups in total. The number of carbonyl (C=O) groups is 1. The predicted molar refractivity (Wildman–Crippen MR) is 126 cm³/mol. The first-order valence-corrected chi connectivity index (χ1v) is 12.3. The van der Waals surface area contributed by atoms with Crippen LogP contribution in [0.5, 0.6) is 0 Å². The molecule has 3 aromatic rings. The average Bonchev–Trinajstić information content (AvgIpc) is 2.86. The first-order chi connectivity index (χ1) is 16.7. The summed E-state index contributed by atoms with van der Waals surface area (Å²) in [5, 5.41) is 8.90. The number of hydrogen-bond acceptors (Lipinski definition) is 5. The molecule has 0 atom stereocenters. The minimum absolute atomic E-state index is 0.155. The van der Waals surface area contributed by atoms with E-state index in [0.29, 0.717) is 43.4 Å². The van der Waals surface area contributed by atoms with Crippen molar-refractivity contribution in [1.82, 2.24) is 9.80 Å². The van der Waals surface area contributed by atoms with Gasteiger partial charge in [0.1, 0.15) is 0 Å². The van der Waals surface area contributed by atoms with Crippen LogP contribution < -0.4 is 4.72 Å². The Labute approximate surface area is 202 Å². The molecule has 1 aliphatic rings. The summed E-state index contributed by atoms with van der Waals surface area (Å²) in [7, 11) is -4.12. The number of rotatable bonds is 6. The molecule has 1 amide bonds. The Morgan fingerprint density at radius 3 is 2.17 bits per heavy atom. The first-order valence-electron chi connectivity index (χ1n) is 10.8. The van der Waals surface area contributed by atoms with E-state index < -0.39 is 26.6 Å². The maximum absolute atomic E-state index is 13.4. The van der Waals surface area contributed by atoms with Crippen molar-refractivity contribution >= 4 is 21.6 Å². The van der Waals surface area contributed by atoms with Crippen LogP contribution in [0.2, 0.25) is 0 Å². The summed E-state index contributed by atoms with van der Waals surface area (Å²) in [6, 6.07) is 17.8. The van der Waals surface area contributed by atoms with E-state index in [4.69, 9.17) is 5.26 Å². The van der Waals surface area contributed by atoms with Crippen molar-refractivity contribution in [3.8, 4) is 6.07 Å². The van der Waals surface area contributed by atoms with Crippen molar-refractivity contribution in [2.75, 3.05) is 30.9 Å². The largest absolute Gasteiger partial charge is 0.336 e. The number of carbonyl (C=O) groups excluding carboxylic acids is 1. The number of hydrogen-bond donors (Lipinski definition) is 1. The van der Waals surface area contributed by atoms with Gasteiger partial charge in [0, 0.05) is 44.0 Å².